The number of carbonyl (C=O) groups is 2. The average Bonchev–Trinajstić information content (AvgIpc) is 3.17. The predicted octanol–water partition coefficient (Wildman–Crippen LogP) is 4.66. The first kappa shape index (κ1) is 21.5. The SMILES string of the molecule is C[C@H]1CCc2c(ccc3c2nc(Cc2ccccc2)n3[C@H]2CC[C@@H](C(N)=O)CC2)N1C(=O)O. The third kappa shape index (κ3) is 3.86. The van der Waals surface area contributed by atoms with Gasteiger partial charge in [-0.1, -0.05) is 30.3 Å². The Hall–Kier alpha value is -3.35. The van der Waals surface area contributed by atoms with Gasteiger partial charge in [-0.15, -0.1) is 0 Å². The Labute approximate surface area is 193 Å². The lowest BCUT2D eigenvalue weighted by atomic mass is 9.85. The molecule has 2 amide bonds. The summed E-state index contributed by atoms with van der Waals surface area (Å²) in [6.45, 7) is 1.96. The first-order chi connectivity index (χ1) is 15.9. The highest BCUT2D eigenvalue weighted by molar-refractivity contribution is 5.94. The molecule has 0 radical (unpaired) electrons. The smallest absolute Gasteiger partial charge is 0.412 e. The largest absolute Gasteiger partial charge is 0.465 e. The van der Waals surface area contributed by atoms with Gasteiger partial charge >= 0.3 is 6.09 Å². The van der Waals surface area contributed by atoms with Gasteiger partial charge in [0.1, 0.15) is 5.82 Å². The van der Waals surface area contributed by atoms with E-state index in [-0.39, 0.29) is 23.9 Å². The molecule has 2 heterocycles. The molecule has 1 saturated carbocycles. The van der Waals surface area contributed by atoms with Gasteiger partial charge in [0.15, 0.2) is 0 Å². The van der Waals surface area contributed by atoms with Gasteiger partial charge in [0.25, 0.3) is 0 Å². The summed E-state index contributed by atoms with van der Waals surface area (Å²) in [6, 6.07) is 14.5. The molecule has 1 fully saturated rings. The molecule has 7 heteroatoms. The van der Waals surface area contributed by atoms with Gasteiger partial charge in [0.05, 0.1) is 16.7 Å². The summed E-state index contributed by atoms with van der Waals surface area (Å²) in [6.07, 6.45) is 4.73. The number of nitrogens with zero attached hydrogens (tertiary/aromatic N) is 3. The van der Waals surface area contributed by atoms with Crippen molar-refractivity contribution >= 4 is 28.7 Å². The van der Waals surface area contributed by atoms with Crippen molar-refractivity contribution in [1.82, 2.24) is 9.55 Å². The molecule has 3 N–H and O–H groups in total. The van der Waals surface area contributed by atoms with E-state index in [4.69, 9.17) is 10.7 Å². The second-order valence-corrected chi connectivity index (χ2v) is 9.44. The number of amides is 2. The Kier molecular flexibility index (Phi) is 5.56. The average molecular weight is 447 g/mol. The van der Waals surface area contributed by atoms with Crippen LogP contribution < -0.4 is 10.6 Å². The number of benzene rings is 2. The highest BCUT2D eigenvalue weighted by Gasteiger charge is 2.32. The minimum Gasteiger partial charge on any atom is -0.465 e. The maximum absolute atomic E-state index is 12.0. The normalized spacial score (nSPS) is 22.8. The zero-order chi connectivity index (χ0) is 23.1. The van der Waals surface area contributed by atoms with E-state index >= 15 is 0 Å². The lowest BCUT2D eigenvalue weighted by Crippen LogP contribution is -2.41. The van der Waals surface area contributed by atoms with Gasteiger partial charge < -0.3 is 15.4 Å². The van der Waals surface area contributed by atoms with Crippen LogP contribution in [-0.2, 0) is 17.6 Å². The summed E-state index contributed by atoms with van der Waals surface area (Å²) in [4.78, 5) is 30.3. The number of nitrogens with two attached hydrogens (primary N) is 1. The Morgan fingerprint density at radius 1 is 1.06 bits per heavy atom. The Bertz CT molecular complexity index is 1200. The summed E-state index contributed by atoms with van der Waals surface area (Å²) in [5.74, 6) is 0.741. The Morgan fingerprint density at radius 3 is 2.45 bits per heavy atom. The van der Waals surface area contributed by atoms with Gasteiger partial charge in [-0.05, 0) is 63.1 Å². The fourth-order valence-corrected chi connectivity index (χ4v) is 5.67. The minimum atomic E-state index is -0.920. The van der Waals surface area contributed by atoms with Gasteiger partial charge in [-0.25, -0.2) is 9.78 Å². The van der Waals surface area contributed by atoms with Crippen LogP contribution in [0.15, 0.2) is 42.5 Å². The molecular weight excluding hydrogens is 416 g/mol. The van der Waals surface area contributed by atoms with Crippen LogP contribution >= 0.6 is 0 Å². The van der Waals surface area contributed by atoms with Gasteiger partial charge in [0.2, 0.25) is 5.91 Å². The van der Waals surface area contributed by atoms with Crippen molar-refractivity contribution in [3.05, 3.63) is 59.4 Å². The topological polar surface area (TPSA) is 101 Å². The summed E-state index contributed by atoms with van der Waals surface area (Å²) < 4.78 is 2.35. The zero-order valence-electron chi connectivity index (χ0n) is 18.9. The molecule has 33 heavy (non-hydrogen) atoms. The van der Waals surface area contributed by atoms with E-state index in [9.17, 15) is 14.7 Å². The van der Waals surface area contributed by atoms with Gasteiger partial charge in [-0.2, -0.15) is 0 Å². The van der Waals surface area contributed by atoms with Crippen LogP contribution in [0.5, 0.6) is 0 Å². The van der Waals surface area contributed by atoms with Crippen LogP contribution in [0.4, 0.5) is 10.5 Å². The molecule has 3 aromatic rings. The van der Waals surface area contributed by atoms with E-state index in [1.165, 1.54) is 10.5 Å². The first-order valence-electron chi connectivity index (χ1n) is 11.8. The van der Waals surface area contributed by atoms with Crippen molar-refractivity contribution < 1.29 is 14.7 Å². The number of hydrogen-bond acceptors (Lipinski definition) is 3. The highest BCUT2D eigenvalue weighted by Crippen LogP contribution is 2.40. The first-order valence-corrected chi connectivity index (χ1v) is 11.8. The highest BCUT2D eigenvalue weighted by atomic mass is 16.4. The third-order valence-electron chi connectivity index (χ3n) is 7.40. The van der Waals surface area contributed by atoms with Crippen LogP contribution in [-0.4, -0.2) is 32.7 Å². The molecular formula is C26H30N4O3. The number of rotatable bonds is 4. The summed E-state index contributed by atoms with van der Waals surface area (Å²) >= 11 is 0. The van der Waals surface area contributed by atoms with Crippen molar-refractivity contribution in [2.24, 2.45) is 11.7 Å². The van der Waals surface area contributed by atoms with Crippen molar-refractivity contribution in [3.8, 4) is 0 Å². The Balaban J connectivity index is 1.61. The molecule has 1 aromatic heterocycles. The fraction of sp³-hybridized carbons (Fsp3) is 0.423. The predicted molar refractivity (Wildman–Crippen MR) is 127 cm³/mol. The summed E-state index contributed by atoms with van der Waals surface area (Å²) in [5.41, 5.74) is 10.5. The molecule has 0 spiro atoms. The van der Waals surface area contributed by atoms with Crippen LogP contribution in [0.1, 0.15) is 62.0 Å². The molecule has 0 unspecified atom stereocenters. The second kappa shape index (κ2) is 8.54. The number of aromatic nitrogens is 2. The standard InChI is InChI=1S/C26H30N4O3/c1-16-7-12-20-21(29(16)26(32)33)13-14-22-24(20)28-23(15-17-5-3-2-4-6-17)30(22)19-10-8-18(9-11-19)25(27)31/h2-6,13-14,16,18-19H,7-12,15H2,1H3,(H2,27,31)(H,32,33)/t16-,18-,19+/m0/s1. The van der Waals surface area contributed by atoms with Gasteiger partial charge in [0, 0.05) is 30.0 Å². The van der Waals surface area contributed by atoms with E-state index in [0.717, 1.165) is 66.6 Å². The molecule has 0 saturated heterocycles. The van der Waals surface area contributed by atoms with E-state index in [0.29, 0.717) is 6.42 Å². The monoisotopic (exact) mass is 446 g/mol. The van der Waals surface area contributed by atoms with Crippen LogP contribution in [0, 0.1) is 5.92 Å². The molecule has 5 rings (SSSR count). The molecule has 1 aliphatic carbocycles. The zero-order valence-corrected chi connectivity index (χ0v) is 18.9. The maximum atomic E-state index is 12.0. The Morgan fingerprint density at radius 2 is 1.79 bits per heavy atom. The number of hydrogen-bond donors (Lipinski definition) is 2. The fourth-order valence-electron chi connectivity index (χ4n) is 5.67. The van der Waals surface area contributed by atoms with E-state index in [1.807, 2.05) is 37.3 Å². The van der Waals surface area contributed by atoms with Crippen molar-refractivity contribution in [1.29, 1.82) is 0 Å². The molecule has 7 nitrogen and oxygen atoms in total. The summed E-state index contributed by atoms with van der Waals surface area (Å²) in [7, 11) is 0. The van der Waals surface area contributed by atoms with Gasteiger partial charge in [-0.3, -0.25) is 9.69 Å². The lowest BCUT2D eigenvalue weighted by molar-refractivity contribution is -0.122. The van der Waals surface area contributed by atoms with E-state index in [1.54, 1.807) is 0 Å². The number of aryl methyl sites for hydroxylation is 1. The molecule has 1 atom stereocenters. The number of carboxylic acid groups (broad SMARTS) is 1. The molecule has 2 aliphatic rings. The number of carbonyl (C=O) groups excluding carboxylic acids is 1. The number of imidazole rings is 1. The number of primary amides is 1. The van der Waals surface area contributed by atoms with Crippen molar-refractivity contribution in [2.45, 2.75) is 64.0 Å². The molecule has 0 bridgehead atoms. The van der Waals surface area contributed by atoms with Crippen molar-refractivity contribution in [2.75, 3.05) is 4.90 Å². The third-order valence-corrected chi connectivity index (χ3v) is 7.40. The van der Waals surface area contributed by atoms with Crippen LogP contribution in [0.2, 0.25) is 0 Å². The lowest BCUT2D eigenvalue weighted by Gasteiger charge is -2.33. The molecule has 2 aromatic carbocycles. The maximum Gasteiger partial charge on any atom is 0.412 e. The number of fused-ring (bicyclic) bond motifs is 3. The molecule has 1 aliphatic heterocycles. The van der Waals surface area contributed by atoms with Crippen LogP contribution in [0.3, 0.4) is 0 Å². The van der Waals surface area contributed by atoms with E-state index < -0.39 is 6.09 Å². The summed E-state index contributed by atoms with van der Waals surface area (Å²) in [5, 5.41) is 9.82. The molecule has 172 valence electrons. The van der Waals surface area contributed by atoms with Crippen molar-refractivity contribution in [3.63, 3.8) is 0 Å². The second-order valence-electron chi connectivity index (χ2n) is 9.44. The minimum absolute atomic E-state index is 0.0491. The quantitative estimate of drug-likeness (QED) is 0.608. The number of anilines is 1. The van der Waals surface area contributed by atoms with Crippen LogP contribution in [0.25, 0.3) is 11.0 Å². The van der Waals surface area contributed by atoms with E-state index in [2.05, 4.69) is 16.7 Å².